The fraction of sp³-hybridized carbons (Fsp3) is 0.889. The first-order valence-corrected chi connectivity index (χ1v) is 9.68. The maximum atomic E-state index is 12.8. The van der Waals surface area contributed by atoms with E-state index in [0.717, 1.165) is 65.4 Å². The first-order valence-electron chi connectivity index (χ1n) is 9.68. The molecule has 3 saturated heterocycles. The molecule has 0 saturated carbocycles. The van der Waals surface area contributed by atoms with E-state index in [0.29, 0.717) is 18.9 Å². The summed E-state index contributed by atoms with van der Waals surface area (Å²) >= 11 is 0. The molecule has 7 heteroatoms. The van der Waals surface area contributed by atoms with Gasteiger partial charge in [-0.1, -0.05) is 0 Å². The summed E-state index contributed by atoms with van der Waals surface area (Å²) < 4.78 is 5.36. The quantitative estimate of drug-likeness (QED) is 0.706. The Morgan fingerprint density at radius 1 is 1.20 bits per heavy atom. The normalized spacial score (nSPS) is 28.6. The highest BCUT2D eigenvalue weighted by Crippen LogP contribution is 2.23. The van der Waals surface area contributed by atoms with Crippen molar-refractivity contribution in [3.05, 3.63) is 0 Å². The van der Waals surface area contributed by atoms with Crippen molar-refractivity contribution in [3.63, 3.8) is 0 Å². The summed E-state index contributed by atoms with van der Waals surface area (Å²) in [6, 6.07) is 0. The highest BCUT2D eigenvalue weighted by molar-refractivity contribution is 5.89. The predicted molar refractivity (Wildman–Crippen MR) is 95.2 cm³/mol. The number of hydrogen-bond donors (Lipinski definition) is 1. The molecule has 0 aromatic carbocycles. The number of morpholine rings is 1. The van der Waals surface area contributed by atoms with E-state index in [9.17, 15) is 9.59 Å². The lowest BCUT2D eigenvalue weighted by atomic mass is 9.96. The van der Waals surface area contributed by atoms with Crippen molar-refractivity contribution in [2.24, 2.45) is 11.8 Å². The molecule has 0 bridgehead atoms. The van der Waals surface area contributed by atoms with Crippen LogP contribution in [-0.4, -0.2) is 99.1 Å². The number of carbonyl (C=O) groups excluding carboxylic acids is 2. The van der Waals surface area contributed by atoms with Gasteiger partial charge in [0.1, 0.15) is 0 Å². The highest BCUT2D eigenvalue weighted by atomic mass is 16.5. The van der Waals surface area contributed by atoms with Gasteiger partial charge in [0.25, 0.3) is 0 Å². The van der Waals surface area contributed by atoms with Crippen LogP contribution >= 0.6 is 0 Å². The van der Waals surface area contributed by atoms with Crippen LogP contribution in [-0.2, 0) is 14.3 Å². The van der Waals surface area contributed by atoms with Crippen LogP contribution in [0.2, 0.25) is 0 Å². The number of likely N-dealkylation sites (tertiary alicyclic amines) is 2. The second-order valence-electron chi connectivity index (χ2n) is 7.54. The molecule has 0 aromatic rings. The molecule has 0 radical (unpaired) electrons. The zero-order valence-corrected chi connectivity index (χ0v) is 15.4. The van der Waals surface area contributed by atoms with Gasteiger partial charge >= 0.3 is 0 Å². The molecule has 142 valence electrons. The van der Waals surface area contributed by atoms with Crippen molar-refractivity contribution in [3.8, 4) is 0 Å². The second kappa shape index (κ2) is 8.96. The van der Waals surface area contributed by atoms with Crippen LogP contribution in [0.5, 0.6) is 0 Å². The van der Waals surface area contributed by atoms with Gasteiger partial charge in [-0.25, -0.2) is 0 Å². The summed E-state index contributed by atoms with van der Waals surface area (Å²) in [7, 11) is 1.96. The lowest BCUT2D eigenvalue weighted by Crippen LogP contribution is -2.45. The number of ether oxygens (including phenoxy) is 1. The SMILES string of the molecule is CNCC1CCCN(C(=O)C2CC(=O)N(CCN3CCOCC3)C2)C1. The van der Waals surface area contributed by atoms with Crippen molar-refractivity contribution in [2.45, 2.75) is 19.3 Å². The Hall–Kier alpha value is -1.18. The van der Waals surface area contributed by atoms with E-state index in [2.05, 4.69) is 10.2 Å². The number of hydrogen-bond acceptors (Lipinski definition) is 5. The van der Waals surface area contributed by atoms with Gasteiger partial charge in [-0.3, -0.25) is 14.5 Å². The second-order valence-corrected chi connectivity index (χ2v) is 7.54. The Labute approximate surface area is 150 Å². The summed E-state index contributed by atoms with van der Waals surface area (Å²) in [5.41, 5.74) is 0. The first kappa shape index (κ1) is 18.6. The molecule has 2 atom stereocenters. The summed E-state index contributed by atoms with van der Waals surface area (Å²) in [4.78, 5) is 31.4. The van der Waals surface area contributed by atoms with E-state index in [4.69, 9.17) is 4.74 Å². The largest absolute Gasteiger partial charge is 0.379 e. The number of piperidine rings is 1. The lowest BCUT2D eigenvalue weighted by Gasteiger charge is -2.34. The van der Waals surface area contributed by atoms with Crippen LogP contribution < -0.4 is 5.32 Å². The molecule has 2 unspecified atom stereocenters. The van der Waals surface area contributed by atoms with E-state index in [1.165, 1.54) is 6.42 Å². The molecule has 3 aliphatic rings. The van der Waals surface area contributed by atoms with E-state index < -0.39 is 0 Å². The third-order valence-electron chi connectivity index (χ3n) is 5.68. The number of nitrogens with zero attached hydrogens (tertiary/aromatic N) is 3. The van der Waals surface area contributed by atoms with Gasteiger partial charge in [0, 0.05) is 52.2 Å². The molecule has 3 fully saturated rings. The van der Waals surface area contributed by atoms with Gasteiger partial charge in [-0.15, -0.1) is 0 Å². The topological polar surface area (TPSA) is 65.1 Å². The van der Waals surface area contributed by atoms with Gasteiger partial charge in [-0.2, -0.15) is 0 Å². The average molecular weight is 352 g/mol. The van der Waals surface area contributed by atoms with Gasteiger partial charge in [0.2, 0.25) is 11.8 Å². The fourth-order valence-corrected chi connectivity index (χ4v) is 4.22. The summed E-state index contributed by atoms with van der Waals surface area (Å²) in [5, 5.41) is 3.21. The Balaban J connectivity index is 1.46. The molecular weight excluding hydrogens is 320 g/mol. The summed E-state index contributed by atoms with van der Waals surface area (Å²) in [6.45, 7) is 8.25. The van der Waals surface area contributed by atoms with Crippen LogP contribution in [0.1, 0.15) is 19.3 Å². The van der Waals surface area contributed by atoms with Gasteiger partial charge in [0.15, 0.2) is 0 Å². The van der Waals surface area contributed by atoms with Crippen LogP contribution in [0, 0.1) is 11.8 Å². The number of nitrogens with one attached hydrogen (secondary N) is 1. The molecule has 0 aliphatic carbocycles. The van der Waals surface area contributed by atoms with Crippen LogP contribution in [0.3, 0.4) is 0 Å². The monoisotopic (exact) mass is 352 g/mol. The molecule has 25 heavy (non-hydrogen) atoms. The first-order chi connectivity index (χ1) is 12.2. The Morgan fingerprint density at radius 3 is 2.76 bits per heavy atom. The van der Waals surface area contributed by atoms with Gasteiger partial charge in [-0.05, 0) is 32.4 Å². The standard InChI is InChI=1S/C18H32N4O3/c1-19-12-15-3-2-4-22(13-15)18(24)16-11-17(23)21(14-16)6-5-20-7-9-25-10-8-20/h15-16,19H,2-14H2,1H3. The molecule has 3 aliphatic heterocycles. The van der Waals surface area contributed by atoms with Crippen molar-refractivity contribution in [1.82, 2.24) is 20.0 Å². The minimum Gasteiger partial charge on any atom is -0.379 e. The summed E-state index contributed by atoms with van der Waals surface area (Å²) in [6.07, 6.45) is 2.63. The van der Waals surface area contributed by atoms with Crippen LogP contribution in [0.25, 0.3) is 0 Å². The fourth-order valence-electron chi connectivity index (χ4n) is 4.22. The predicted octanol–water partition coefficient (Wildman–Crippen LogP) is -0.375. The van der Waals surface area contributed by atoms with Crippen molar-refractivity contribution in [1.29, 1.82) is 0 Å². The van der Waals surface area contributed by atoms with Crippen LogP contribution in [0.15, 0.2) is 0 Å². The highest BCUT2D eigenvalue weighted by Gasteiger charge is 2.37. The molecule has 0 spiro atoms. The zero-order chi connectivity index (χ0) is 17.6. The molecule has 3 heterocycles. The Morgan fingerprint density at radius 2 is 2.00 bits per heavy atom. The van der Waals surface area contributed by atoms with Crippen molar-refractivity contribution < 1.29 is 14.3 Å². The maximum Gasteiger partial charge on any atom is 0.228 e. The molecule has 1 N–H and O–H groups in total. The van der Waals surface area contributed by atoms with Crippen molar-refractivity contribution >= 4 is 11.8 Å². The molecule has 0 aromatic heterocycles. The zero-order valence-electron chi connectivity index (χ0n) is 15.4. The minimum atomic E-state index is -0.148. The van der Waals surface area contributed by atoms with Crippen molar-refractivity contribution in [2.75, 3.05) is 72.6 Å². The Kier molecular flexibility index (Phi) is 6.67. The third-order valence-corrected chi connectivity index (χ3v) is 5.68. The molecule has 7 nitrogen and oxygen atoms in total. The Bertz CT molecular complexity index is 465. The number of rotatable bonds is 6. The third kappa shape index (κ3) is 4.92. The van der Waals surface area contributed by atoms with E-state index in [-0.39, 0.29) is 17.7 Å². The van der Waals surface area contributed by atoms with E-state index in [1.54, 1.807) is 0 Å². The molecular formula is C18H32N4O3. The number of carbonyl (C=O) groups is 2. The average Bonchev–Trinajstić information content (AvgIpc) is 3.01. The number of amides is 2. The van der Waals surface area contributed by atoms with Gasteiger partial charge < -0.3 is 19.9 Å². The van der Waals surface area contributed by atoms with Gasteiger partial charge in [0.05, 0.1) is 19.1 Å². The van der Waals surface area contributed by atoms with Crippen LogP contribution in [0.4, 0.5) is 0 Å². The molecule has 2 amide bonds. The van der Waals surface area contributed by atoms with E-state index in [1.807, 2.05) is 16.8 Å². The lowest BCUT2D eigenvalue weighted by molar-refractivity contribution is -0.137. The smallest absolute Gasteiger partial charge is 0.228 e. The minimum absolute atomic E-state index is 0.135. The van der Waals surface area contributed by atoms with E-state index >= 15 is 0 Å². The summed E-state index contributed by atoms with van der Waals surface area (Å²) in [5.74, 6) is 0.709. The molecule has 3 rings (SSSR count). The maximum absolute atomic E-state index is 12.8.